The molecule has 0 spiro atoms. The fourth-order valence-corrected chi connectivity index (χ4v) is 2.47. The van der Waals surface area contributed by atoms with Crippen molar-refractivity contribution in [2.75, 3.05) is 5.32 Å². The topological polar surface area (TPSA) is 49.3 Å². The van der Waals surface area contributed by atoms with Gasteiger partial charge in [-0.2, -0.15) is 0 Å². The van der Waals surface area contributed by atoms with Crippen LogP contribution in [0.1, 0.15) is 48.0 Å². The minimum atomic E-state index is -0.420. The zero-order valence-electron chi connectivity index (χ0n) is 13.4. The predicted molar refractivity (Wildman–Crippen MR) is 83.8 cm³/mol. The van der Waals surface area contributed by atoms with E-state index in [4.69, 9.17) is 0 Å². The molecule has 0 bridgehead atoms. The molecule has 1 amide bonds. The zero-order chi connectivity index (χ0) is 15.6. The van der Waals surface area contributed by atoms with Crippen LogP contribution in [0.3, 0.4) is 0 Å². The lowest BCUT2D eigenvalue weighted by atomic mass is 9.68. The summed E-state index contributed by atoms with van der Waals surface area (Å²) < 4.78 is 0. The van der Waals surface area contributed by atoms with Gasteiger partial charge in [-0.3, -0.25) is 4.79 Å². The van der Waals surface area contributed by atoms with Gasteiger partial charge in [-0.05, 0) is 42.0 Å². The number of hydrogen-bond acceptors (Lipinski definition) is 2. The number of carbonyl (C=O) groups excluding carboxylic acids is 1. The first kappa shape index (κ1) is 16.5. The number of aromatic hydroxyl groups is 1. The molecule has 0 saturated heterocycles. The van der Waals surface area contributed by atoms with Gasteiger partial charge in [0.25, 0.3) is 0 Å². The number of phenols is 1. The number of phenolic OH excluding ortho intramolecular Hbond substituents is 1. The van der Waals surface area contributed by atoms with E-state index in [1.54, 1.807) is 24.3 Å². The molecule has 0 aromatic heterocycles. The van der Waals surface area contributed by atoms with E-state index in [2.05, 4.69) is 39.9 Å². The molecule has 20 heavy (non-hydrogen) atoms. The number of nitrogens with one attached hydrogen (secondary N) is 1. The smallest absolute Gasteiger partial charge is 0.230 e. The van der Waals surface area contributed by atoms with Gasteiger partial charge in [0.05, 0.1) is 0 Å². The SMILES string of the molecule is CC(C)C(C)(CC(C)(C)C)C(=O)Nc1ccc(O)cc1. The summed E-state index contributed by atoms with van der Waals surface area (Å²) in [6, 6.07) is 6.58. The summed E-state index contributed by atoms with van der Waals surface area (Å²) in [4.78, 5) is 12.7. The molecule has 1 unspecified atom stereocenters. The second-order valence-corrected chi connectivity index (χ2v) is 7.31. The highest BCUT2D eigenvalue weighted by Crippen LogP contribution is 2.40. The van der Waals surface area contributed by atoms with Crippen LogP contribution in [-0.2, 0) is 4.79 Å². The quantitative estimate of drug-likeness (QED) is 0.800. The molecule has 0 saturated carbocycles. The van der Waals surface area contributed by atoms with E-state index >= 15 is 0 Å². The predicted octanol–water partition coefficient (Wildman–Crippen LogP) is 4.43. The number of hydrogen-bond donors (Lipinski definition) is 2. The fourth-order valence-electron chi connectivity index (χ4n) is 2.47. The lowest BCUT2D eigenvalue weighted by Crippen LogP contribution is -2.41. The van der Waals surface area contributed by atoms with Gasteiger partial charge in [0.1, 0.15) is 5.75 Å². The third-order valence-electron chi connectivity index (χ3n) is 3.82. The van der Waals surface area contributed by atoms with E-state index in [-0.39, 0.29) is 23.0 Å². The maximum Gasteiger partial charge on any atom is 0.230 e. The normalized spacial score (nSPS) is 14.9. The molecule has 112 valence electrons. The largest absolute Gasteiger partial charge is 0.508 e. The average molecular weight is 277 g/mol. The lowest BCUT2D eigenvalue weighted by Gasteiger charge is -2.37. The van der Waals surface area contributed by atoms with Crippen molar-refractivity contribution in [3.05, 3.63) is 24.3 Å². The molecule has 0 fully saturated rings. The zero-order valence-corrected chi connectivity index (χ0v) is 13.4. The molecule has 1 aromatic carbocycles. The Balaban J connectivity index is 2.92. The van der Waals surface area contributed by atoms with Crippen molar-refractivity contribution in [1.82, 2.24) is 0 Å². The first-order valence-corrected chi connectivity index (χ1v) is 7.15. The summed E-state index contributed by atoms with van der Waals surface area (Å²) >= 11 is 0. The molecular formula is C17H27NO2. The summed E-state index contributed by atoms with van der Waals surface area (Å²) in [5.74, 6) is 0.483. The Bertz CT molecular complexity index is 457. The van der Waals surface area contributed by atoms with Crippen molar-refractivity contribution in [3.63, 3.8) is 0 Å². The monoisotopic (exact) mass is 277 g/mol. The Labute approximate surface area is 122 Å². The second kappa shape index (κ2) is 5.86. The molecule has 0 aliphatic carbocycles. The van der Waals surface area contributed by atoms with Crippen LogP contribution in [0.15, 0.2) is 24.3 Å². The number of anilines is 1. The van der Waals surface area contributed by atoms with Gasteiger partial charge in [0.2, 0.25) is 5.91 Å². The molecule has 3 nitrogen and oxygen atoms in total. The van der Waals surface area contributed by atoms with Gasteiger partial charge < -0.3 is 10.4 Å². The molecule has 0 heterocycles. The average Bonchev–Trinajstić information content (AvgIpc) is 2.29. The van der Waals surface area contributed by atoms with Crippen molar-refractivity contribution in [3.8, 4) is 5.75 Å². The highest BCUT2D eigenvalue weighted by atomic mass is 16.3. The van der Waals surface area contributed by atoms with Gasteiger partial charge in [-0.1, -0.05) is 41.5 Å². The van der Waals surface area contributed by atoms with Gasteiger partial charge >= 0.3 is 0 Å². The summed E-state index contributed by atoms with van der Waals surface area (Å²) in [7, 11) is 0. The van der Waals surface area contributed by atoms with Crippen molar-refractivity contribution >= 4 is 11.6 Å². The maximum atomic E-state index is 12.7. The summed E-state index contributed by atoms with van der Waals surface area (Å²) in [5, 5.41) is 12.2. The first-order valence-electron chi connectivity index (χ1n) is 7.15. The van der Waals surface area contributed by atoms with Crippen molar-refractivity contribution < 1.29 is 9.90 Å². The number of benzene rings is 1. The summed E-state index contributed by atoms with van der Waals surface area (Å²) in [6.07, 6.45) is 0.821. The Morgan fingerprint density at radius 3 is 2.05 bits per heavy atom. The number of amides is 1. The van der Waals surface area contributed by atoms with E-state index < -0.39 is 5.41 Å². The van der Waals surface area contributed by atoms with Crippen LogP contribution >= 0.6 is 0 Å². The summed E-state index contributed by atoms with van der Waals surface area (Å²) in [5.41, 5.74) is 0.384. The molecule has 3 heteroatoms. The van der Waals surface area contributed by atoms with Crippen LogP contribution in [0, 0.1) is 16.7 Å². The van der Waals surface area contributed by atoms with E-state index in [0.717, 1.165) is 6.42 Å². The van der Waals surface area contributed by atoms with Gasteiger partial charge in [-0.25, -0.2) is 0 Å². The Kier molecular flexibility index (Phi) is 4.85. The standard InChI is InChI=1S/C17H27NO2/c1-12(2)17(6,11-16(3,4)5)15(20)18-13-7-9-14(19)10-8-13/h7-10,12,19H,11H2,1-6H3,(H,18,20). The third kappa shape index (κ3) is 4.26. The van der Waals surface area contributed by atoms with Crippen LogP contribution in [-0.4, -0.2) is 11.0 Å². The molecule has 1 rings (SSSR count). The number of rotatable bonds is 4. The minimum absolute atomic E-state index is 0.0353. The molecule has 1 atom stereocenters. The van der Waals surface area contributed by atoms with Crippen LogP contribution in [0.2, 0.25) is 0 Å². The first-order chi connectivity index (χ1) is 9.04. The van der Waals surface area contributed by atoms with Gasteiger partial charge in [-0.15, -0.1) is 0 Å². The van der Waals surface area contributed by atoms with E-state index in [1.807, 2.05) is 6.92 Å². The molecule has 1 aromatic rings. The highest BCUT2D eigenvalue weighted by Gasteiger charge is 2.39. The molecule has 2 N–H and O–H groups in total. The van der Waals surface area contributed by atoms with Crippen LogP contribution in [0.25, 0.3) is 0 Å². The van der Waals surface area contributed by atoms with E-state index in [0.29, 0.717) is 5.69 Å². The molecular weight excluding hydrogens is 250 g/mol. The Morgan fingerprint density at radius 2 is 1.65 bits per heavy atom. The van der Waals surface area contributed by atoms with E-state index in [1.165, 1.54) is 0 Å². The summed E-state index contributed by atoms with van der Waals surface area (Å²) in [6.45, 7) is 12.7. The molecule has 0 aliphatic rings. The van der Waals surface area contributed by atoms with E-state index in [9.17, 15) is 9.90 Å². The van der Waals surface area contributed by atoms with Crippen LogP contribution in [0.5, 0.6) is 5.75 Å². The van der Waals surface area contributed by atoms with Crippen molar-refractivity contribution in [2.24, 2.45) is 16.7 Å². The number of carbonyl (C=O) groups is 1. The lowest BCUT2D eigenvalue weighted by molar-refractivity contribution is -0.129. The van der Waals surface area contributed by atoms with Crippen molar-refractivity contribution in [1.29, 1.82) is 0 Å². The second-order valence-electron chi connectivity index (χ2n) is 7.31. The Morgan fingerprint density at radius 1 is 1.15 bits per heavy atom. The minimum Gasteiger partial charge on any atom is -0.508 e. The maximum absolute atomic E-state index is 12.7. The third-order valence-corrected chi connectivity index (χ3v) is 3.82. The van der Waals surface area contributed by atoms with Gasteiger partial charge in [0.15, 0.2) is 0 Å². The van der Waals surface area contributed by atoms with Crippen molar-refractivity contribution in [2.45, 2.75) is 48.0 Å². The molecule has 0 aliphatic heterocycles. The highest BCUT2D eigenvalue weighted by molar-refractivity contribution is 5.95. The van der Waals surface area contributed by atoms with Gasteiger partial charge in [0, 0.05) is 11.1 Å². The fraction of sp³-hybridized carbons (Fsp3) is 0.588. The molecule has 0 radical (unpaired) electrons. The van der Waals surface area contributed by atoms with Crippen LogP contribution in [0.4, 0.5) is 5.69 Å². The Hall–Kier alpha value is -1.51. The van der Waals surface area contributed by atoms with Crippen LogP contribution < -0.4 is 5.32 Å².